The topological polar surface area (TPSA) is 55.1 Å². The lowest BCUT2D eigenvalue weighted by molar-refractivity contribution is -0.120. The number of nitrogens with zero attached hydrogens (tertiary/aromatic N) is 1. The third kappa shape index (κ3) is 3.43. The molecule has 0 spiro atoms. The van der Waals surface area contributed by atoms with Gasteiger partial charge in [0.25, 0.3) is 0 Å². The molecule has 4 nitrogen and oxygen atoms in total. The number of hydrogen-bond acceptors (Lipinski definition) is 3. The lowest BCUT2D eigenvalue weighted by atomic mass is 10.2. The molecular formula is C10H14N2O2. The van der Waals surface area contributed by atoms with Gasteiger partial charge in [-0.1, -0.05) is 6.08 Å². The van der Waals surface area contributed by atoms with Crippen molar-refractivity contribution in [2.24, 2.45) is 0 Å². The Morgan fingerprint density at radius 1 is 1.79 bits per heavy atom. The lowest BCUT2D eigenvalue weighted by Gasteiger charge is -1.99. The van der Waals surface area contributed by atoms with Gasteiger partial charge >= 0.3 is 0 Å². The maximum Gasteiger partial charge on any atom is 0.220 e. The third-order valence-corrected chi connectivity index (χ3v) is 1.72. The molecule has 4 heteroatoms. The van der Waals surface area contributed by atoms with Gasteiger partial charge in [-0.15, -0.1) is 6.58 Å². The van der Waals surface area contributed by atoms with Crippen LogP contribution >= 0.6 is 0 Å². The van der Waals surface area contributed by atoms with Crippen LogP contribution in [0.3, 0.4) is 0 Å². The predicted octanol–water partition coefficient (Wildman–Crippen LogP) is 1.22. The van der Waals surface area contributed by atoms with E-state index in [0.29, 0.717) is 25.3 Å². The highest BCUT2D eigenvalue weighted by Crippen LogP contribution is 2.02. The van der Waals surface area contributed by atoms with Crippen LogP contribution in [0.1, 0.15) is 18.0 Å². The number of oxazole rings is 1. The van der Waals surface area contributed by atoms with E-state index in [1.54, 1.807) is 19.3 Å². The predicted molar refractivity (Wildman–Crippen MR) is 52.8 cm³/mol. The number of carbonyl (C=O) groups is 1. The molecular weight excluding hydrogens is 180 g/mol. The van der Waals surface area contributed by atoms with Crippen LogP contribution in [0.15, 0.2) is 23.3 Å². The van der Waals surface area contributed by atoms with Gasteiger partial charge in [0.15, 0.2) is 5.89 Å². The highest BCUT2D eigenvalue weighted by Gasteiger charge is 2.03. The molecule has 76 valence electrons. The standard InChI is InChI=1S/C10H14N2O2/c1-3-6-11-10(13)5-4-9-7-14-8(2)12-9/h3,7H,1,4-6H2,2H3,(H,11,13). The van der Waals surface area contributed by atoms with Gasteiger partial charge in [-0.3, -0.25) is 4.79 Å². The smallest absolute Gasteiger partial charge is 0.220 e. The van der Waals surface area contributed by atoms with Crippen LogP contribution in [0.2, 0.25) is 0 Å². The van der Waals surface area contributed by atoms with Crippen LogP contribution in [0, 0.1) is 6.92 Å². The monoisotopic (exact) mass is 194 g/mol. The van der Waals surface area contributed by atoms with E-state index in [0.717, 1.165) is 5.69 Å². The van der Waals surface area contributed by atoms with Gasteiger partial charge in [0, 0.05) is 26.3 Å². The first-order chi connectivity index (χ1) is 6.72. The molecule has 1 aromatic heterocycles. The van der Waals surface area contributed by atoms with E-state index in [2.05, 4.69) is 16.9 Å². The highest BCUT2D eigenvalue weighted by molar-refractivity contribution is 5.76. The Balaban J connectivity index is 2.26. The first-order valence-corrected chi connectivity index (χ1v) is 4.51. The summed E-state index contributed by atoms with van der Waals surface area (Å²) >= 11 is 0. The summed E-state index contributed by atoms with van der Waals surface area (Å²) in [5.74, 6) is 0.636. The van der Waals surface area contributed by atoms with Crippen molar-refractivity contribution in [1.82, 2.24) is 10.3 Å². The van der Waals surface area contributed by atoms with E-state index >= 15 is 0 Å². The summed E-state index contributed by atoms with van der Waals surface area (Å²) in [6.07, 6.45) is 4.27. The van der Waals surface area contributed by atoms with Gasteiger partial charge in [0.2, 0.25) is 5.91 Å². The number of hydrogen-bond donors (Lipinski definition) is 1. The summed E-state index contributed by atoms with van der Waals surface area (Å²) in [6.45, 7) is 5.80. The molecule has 14 heavy (non-hydrogen) atoms. The molecule has 0 saturated carbocycles. The molecule has 0 aliphatic heterocycles. The summed E-state index contributed by atoms with van der Waals surface area (Å²) in [7, 11) is 0. The normalized spacial score (nSPS) is 9.79. The fourth-order valence-electron chi connectivity index (χ4n) is 1.04. The summed E-state index contributed by atoms with van der Waals surface area (Å²) in [4.78, 5) is 15.3. The first-order valence-electron chi connectivity index (χ1n) is 4.51. The van der Waals surface area contributed by atoms with Crippen molar-refractivity contribution in [3.63, 3.8) is 0 Å². The zero-order chi connectivity index (χ0) is 10.4. The van der Waals surface area contributed by atoms with Crippen LogP contribution in [0.25, 0.3) is 0 Å². The Kier molecular flexibility index (Phi) is 3.91. The Hall–Kier alpha value is -1.58. The second-order valence-electron chi connectivity index (χ2n) is 2.95. The van der Waals surface area contributed by atoms with Gasteiger partial charge in [-0.2, -0.15) is 0 Å². The summed E-state index contributed by atoms with van der Waals surface area (Å²) in [5, 5.41) is 2.69. The molecule has 0 atom stereocenters. The lowest BCUT2D eigenvalue weighted by Crippen LogP contribution is -2.23. The molecule has 0 unspecified atom stereocenters. The molecule has 0 bridgehead atoms. The molecule has 0 aromatic carbocycles. The number of aromatic nitrogens is 1. The fraction of sp³-hybridized carbons (Fsp3) is 0.400. The average Bonchev–Trinajstić information content (AvgIpc) is 2.58. The van der Waals surface area contributed by atoms with E-state index in [1.165, 1.54) is 0 Å². The molecule has 0 aliphatic carbocycles. The molecule has 0 fully saturated rings. The number of aryl methyl sites for hydroxylation is 2. The van der Waals surface area contributed by atoms with Crippen LogP contribution in [-0.2, 0) is 11.2 Å². The molecule has 1 heterocycles. The van der Waals surface area contributed by atoms with E-state index < -0.39 is 0 Å². The number of nitrogens with one attached hydrogen (secondary N) is 1. The van der Waals surface area contributed by atoms with E-state index in [1.807, 2.05) is 0 Å². The Morgan fingerprint density at radius 3 is 3.14 bits per heavy atom. The zero-order valence-corrected chi connectivity index (χ0v) is 8.25. The van der Waals surface area contributed by atoms with E-state index in [9.17, 15) is 4.79 Å². The number of amides is 1. The van der Waals surface area contributed by atoms with Gasteiger partial charge < -0.3 is 9.73 Å². The van der Waals surface area contributed by atoms with E-state index in [-0.39, 0.29) is 5.91 Å². The van der Waals surface area contributed by atoms with Gasteiger partial charge in [-0.25, -0.2) is 4.98 Å². The van der Waals surface area contributed by atoms with Crippen molar-refractivity contribution in [2.45, 2.75) is 19.8 Å². The van der Waals surface area contributed by atoms with Gasteiger partial charge in [-0.05, 0) is 0 Å². The van der Waals surface area contributed by atoms with Crippen molar-refractivity contribution in [1.29, 1.82) is 0 Å². The Bertz CT molecular complexity index is 318. The maximum atomic E-state index is 11.2. The molecule has 0 saturated heterocycles. The molecule has 1 rings (SSSR count). The molecule has 1 N–H and O–H groups in total. The second-order valence-corrected chi connectivity index (χ2v) is 2.95. The molecule has 1 amide bonds. The number of carbonyl (C=O) groups excluding carboxylic acids is 1. The van der Waals surface area contributed by atoms with Gasteiger partial charge in [0.05, 0.1) is 5.69 Å². The van der Waals surface area contributed by atoms with Crippen molar-refractivity contribution in [3.05, 3.63) is 30.5 Å². The molecule has 1 aromatic rings. The number of rotatable bonds is 5. The van der Waals surface area contributed by atoms with Gasteiger partial charge in [0.1, 0.15) is 6.26 Å². The quantitative estimate of drug-likeness (QED) is 0.717. The maximum absolute atomic E-state index is 11.2. The van der Waals surface area contributed by atoms with Crippen LogP contribution < -0.4 is 5.32 Å². The van der Waals surface area contributed by atoms with Crippen molar-refractivity contribution >= 4 is 5.91 Å². The summed E-state index contributed by atoms with van der Waals surface area (Å²) in [6, 6.07) is 0. The van der Waals surface area contributed by atoms with Crippen LogP contribution in [0.5, 0.6) is 0 Å². The highest BCUT2D eigenvalue weighted by atomic mass is 16.3. The Morgan fingerprint density at radius 2 is 2.57 bits per heavy atom. The molecule has 0 aliphatic rings. The largest absolute Gasteiger partial charge is 0.449 e. The van der Waals surface area contributed by atoms with Crippen LogP contribution in [0.4, 0.5) is 0 Å². The minimum Gasteiger partial charge on any atom is -0.449 e. The van der Waals surface area contributed by atoms with Crippen molar-refractivity contribution in [3.8, 4) is 0 Å². The average molecular weight is 194 g/mol. The Labute approximate surface area is 83.0 Å². The van der Waals surface area contributed by atoms with Crippen molar-refractivity contribution in [2.75, 3.05) is 6.54 Å². The molecule has 0 radical (unpaired) electrons. The zero-order valence-electron chi connectivity index (χ0n) is 8.25. The summed E-state index contributed by atoms with van der Waals surface area (Å²) in [5.41, 5.74) is 0.816. The van der Waals surface area contributed by atoms with Crippen LogP contribution in [-0.4, -0.2) is 17.4 Å². The van der Waals surface area contributed by atoms with E-state index in [4.69, 9.17) is 4.42 Å². The fourth-order valence-corrected chi connectivity index (χ4v) is 1.04. The summed E-state index contributed by atoms with van der Waals surface area (Å²) < 4.78 is 5.02. The first kappa shape index (κ1) is 10.5. The van der Waals surface area contributed by atoms with Crippen molar-refractivity contribution < 1.29 is 9.21 Å². The minimum atomic E-state index is 0.00514. The second kappa shape index (κ2) is 5.21. The minimum absolute atomic E-state index is 0.00514. The SMILES string of the molecule is C=CCNC(=O)CCc1coc(C)n1. The third-order valence-electron chi connectivity index (χ3n) is 1.72.